The highest BCUT2D eigenvalue weighted by Gasteiger charge is 2.54. The molecule has 0 saturated heterocycles. The molecule has 0 aliphatic carbocycles. The summed E-state index contributed by atoms with van der Waals surface area (Å²) in [6.07, 6.45) is -0.195. The largest absolute Gasteiger partial charge is 0.494 e. The molecule has 0 unspecified atom stereocenters. The molecule has 1 heterocycles. The van der Waals surface area contributed by atoms with Gasteiger partial charge in [-0.15, -0.1) is 0 Å². The van der Waals surface area contributed by atoms with Crippen molar-refractivity contribution in [3.05, 3.63) is 133 Å². The van der Waals surface area contributed by atoms with E-state index in [1.165, 1.54) is 0 Å². The minimum Gasteiger partial charge on any atom is -0.494 e. The molecule has 7 nitrogen and oxygen atoms in total. The van der Waals surface area contributed by atoms with Crippen LogP contribution in [-0.2, 0) is 22.5 Å². The number of aliphatic imine (C=N–C) groups is 1. The summed E-state index contributed by atoms with van der Waals surface area (Å²) in [6.45, 7) is 0.727. The maximum absolute atomic E-state index is 14.4. The fourth-order valence-electron chi connectivity index (χ4n) is 4.88. The van der Waals surface area contributed by atoms with Crippen molar-refractivity contribution < 1.29 is 19.4 Å². The standard InChI is InChI=1S/C33H29BrCl3N3O4/c34-27-8-3-1-6-22(27)19-33(32(42)40-38-20-23-7-2-4-9-28(23)36)30(26-15-12-24(35)18-29(26)37)44-31(39-33)21-10-13-25(14-11-21)43-17-5-16-41/h1-4,6-15,18,30,38,41H,5,16-17,19-20H2,(H,40,42)/t30-,33-/m0/s1. The Hall–Kier alpha value is -3.11. The van der Waals surface area contributed by atoms with Crippen LogP contribution in [0.3, 0.4) is 0 Å². The number of carbonyl (C=O) groups is 1. The molecule has 0 spiro atoms. The maximum Gasteiger partial charge on any atom is 0.266 e. The molecule has 3 N–H and O–H groups in total. The second-order valence-corrected chi connectivity index (χ2v) is 12.2. The predicted molar refractivity (Wildman–Crippen MR) is 177 cm³/mol. The van der Waals surface area contributed by atoms with E-state index >= 15 is 0 Å². The Morgan fingerprint density at radius 3 is 2.39 bits per heavy atom. The summed E-state index contributed by atoms with van der Waals surface area (Å²) in [6, 6.07) is 27.3. The fourth-order valence-corrected chi connectivity index (χ4v) is 6.01. The third kappa shape index (κ3) is 7.40. The van der Waals surface area contributed by atoms with Gasteiger partial charge in [0.2, 0.25) is 5.90 Å². The molecular weight excluding hydrogens is 689 g/mol. The Morgan fingerprint density at radius 2 is 1.68 bits per heavy atom. The van der Waals surface area contributed by atoms with Crippen LogP contribution in [0.15, 0.2) is 100 Å². The lowest BCUT2D eigenvalue weighted by atomic mass is 9.82. The SMILES string of the molecule is O=C(NNCc1ccccc1Cl)[C@@]1(Cc2ccccc2Br)N=C(c2ccc(OCCCO)cc2)O[C@H]1c1ccc(Cl)cc1Cl. The van der Waals surface area contributed by atoms with Gasteiger partial charge in [0.25, 0.3) is 5.91 Å². The molecule has 4 aromatic rings. The number of halogens is 4. The Morgan fingerprint density at radius 1 is 0.955 bits per heavy atom. The van der Waals surface area contributed by atoms with Crippen LogP contribution in [0.2, 0.25) is 15.1 Å². The van der Waals surface area contributed by atoms with E-state index in [2.05, 4.69) is 26.8 Å². The molecule has 2 atom stereocenters. The number of benzene rings is 4. The van der Waals surface area contributed by atoms with Gasteiger partial charge in [-0.1, -0.05) is 93.2 Å². The summed E-state index contributed by atoms with van der Waals surface area (Å²) in [5.41, 5.74) is 7.28. The molecule has 0 radical (unpaired) electrons. The number of hydrogen-bond donors (Lipinski definition) is 3. The van der Waals surface area contributed by atoms with Gasteiger partial charge in [-0.3, -0.25) is 10.2 Å². The van der Waals surface area contributed by atoms with Gasteiger partial charge in [-0.05, 0) is 59.7 Å². The third-order valence-corrected chi connectivity index (χ3v) is 8.84. The highest BCUT2D eigenvalue weighted by molar-refractivity contribution is 9.10. The number of aliphatic hydroxyl groups is 1. The summed E-state index contributed by atoms with van der Waals surface area (Å²) in [4.78, 5) is 19.4. The van der Waals surface area contributed by atoms with Crippen LogP contribution >= 0.6 is 50.7 Å². The zero-order valence-corrected chi connectivity index (χ0v) is 27.3. The predicted octanol–water partition coefficient (Wildman–Crippen LogP) is 7.49. The van der Waals surface area contributed by atoms with Gasteiger partial charge in [-0.25, -0.2) is 10.4 Å². The molecule has 0 saturated carbocycles. The number of nitrogens with zero attached hydrogens (tertiary/aromatic N) is 1. The zero-order chi connectivity index (χ0) is 31.1. The first-order valence-corrected chi connectivity index (χ1v) is 15.8. The Balaban J connectivity index is 1.55. The summed E-state index contributed by atoms with van der Waals surface area (Å²) in [7, 11) is 0. The highest BCUT2D eigenvalue weighted by atomic mass is 79.9. The number of carbonyl (C=O) groups excluding carboxylic acids is 1. The summed E-state index contributed by atoms with van der Waals surface area (Å²) < 4.78 is 13.1. The van der Waals surface area contributed by atoms with Crippen LogP contribution in [0, 0.1) is 0 Å². The molecule has 5 rings (SSSR count). The minimum atomic E-state index is -1.49. The smallest absolute Gasteiger partial charge is 0.266 e. The number of hydrazine groups is 1. The highest BCUT2D eigenvalue weighted by Crippen LogP contribution is 2.45. The maximum atomic E-state index is 14.4. The first-order chi connectivity index (χ1) is 21.3. The van der Waals surface area contributed by atoms with Gasteiger partial charge < -0.3 is 14.6 Å². The van der Waals surface area contributed by atoms with E-state index < -0.39 is 17.6 Å². The Kier molecular flexibility index (Phi) is 10.8. The number of nitrogens with one attached hydrogen (secondary N) is 2. The van der Waals surface area contributed by atoms with Gasteiger partial charge >= 0.3 is 0 Å². The lowest BCUT2D eigenvalue weighted by molar-refractivity contribution is -0.130. The number of hydrogen-bond acceptors (Lipinski definition) is 6. The Bertz CT molecular complexity index is 1650. The van der Waals surface area contributed by atoms with Gasteiger partial charge in [0.15, 0.2) is 11.6 Å². The molecule has 4 aromatic carbocycles. The topological polar surface area (TPSA) is 92.2 Å². The van der Waals surface area contributed by atoms with E-state index in [4.69, 9.17) is 54.4 Å². The van der Waals surface area contributed by atoms with Crippen LogP contribution in [0.25, 0.3) is 0 Å². The first-order valence-electron chi connectivity index (χ1n) is 13.9. The van der Waals surface area contributed by atoms with Crippen LogP contribution in [0.4, 0.5) is 0 Å². The lowest BCUT2D eigenvalue weighted by Gasteiger charge is -2.31. The lowest BCUT2D eigenvalue weighted by Crippen LogP contribution is -2.53. The molecule has 1 aliphatic heterocycles. The molecule has 0 aromatic heterocycles. The monoisotopic (exact) mass is 715 g/mol. The van der Waals surface area contributed by atoms with Crippen molar-refractivity contribution in [2.75, 3.05) is 13.2 Å². The third-order valence-electron chi connectivity index (χ3n) is 7.13. The van der Waals surface area contributed by atoms with E-state index in [-0.39, 0.29) is 25.5 Å². The normalized spacial score (nSPS) is 17.6. The Labute approximate surface area is 279 Å². The average molecular weight is 718 g/mol. The fraction of sp³-hybridized carbons (Fsp3) is 0.212. The van der Waals surface area contributed by atoms with E-state index in [0.29, 0.717) is 45.0 Å². The van der Waals surface area contributed by atoms with Crippen molar-refractivity contribution in [3.63, 3.8) is 0 Å². The van der Waals surface area contributed by atoms with Crippen LogP contribution < -0.4 is 15.6 Å². The van der Waals surface area contributed by atoms with E-state index in [1.54, 1.807) is 36.4 Å². The molecule has 44 heavy (non-hydrogen) atoms. The molecule has 11 heteroatoms. The molecular formula is C33H29BrCl3N3O4. The van der Waals surface area contributed by atoms with Gasteiger partial charge in [-0.2, -0.15) is 0 Å². The number of amides is 1. The molecule has 228 valence electrons. The molecule has 0 bridgehead atoms. The first kappa shape index (κ1) is 32.3. The molecule has 0 fully saturated rings. The summed E-state index contributed by atoms with van der Waals surface area (Å²) in [5, 5.41) is 10.4. The summed E-state index contributed by atoms with van der Waals surface area (Å²) in [5.74, 6) is 0.491. The molecule has 1 amide bonds. The second-order valence-electron chi connectivity index (χ2n) is 10.1. The second kappa shape index (κ2) is 14.8. The van der Waals surface area contributed by atoms with Crippen molar-refractivity contribution >= 4 is 62.5 Å². The van der Waals surface area contributed by atoms with Gasteiger partial charge in [0, 0.05) is 56.7 Å². The van der Waals surface area contributed by atoms with Crippen LogP contribution in [-0.4, -0.2) is 35.7 Å². The van der Waals surface area contributed by atoms with Crippen molar-refractivity contribution in [3.8, 4) is 5.75 Å². The van der Waals surface area contributed by atoms with Crippen molar-refractivity contribution in [1.82, 2.24) is 10.9 Å². The number of rotatable bonds is 12. The minimum absolute atomic E-state index is 0.0479. The quantitative estimate of drug-likeness (QED) is 0.104. The van der Waals surface area contributed by atoms with E-state index in [1.807, 2.05) is 54.6 Å². The van der Waals surface area contributed by atoms with Crippen LogP contribution in [0.1, 0.15) is 34.8 Å². The van der Waals surface area contributed by atoms with E-state index in [9.17, 15) is 4.79 Å². The van der Waals surface area contributed by atoms with E-state index in [0.717, 1.165) is 15.6 Å². The van der Waals surface area contributed by atoms with Crippen LogP contribution in [0.5, 0.6) is 5.75 Å². The molecule has 1 aliphatic rings. The number of aliphatic hydroxyl groups excluding tert-OH is 1. The average Bonchev–Trinajstić information content (AvgIpc) is 3.40. The number of ether oxygens (including phenoxy) is 2. The van der Waals surface area contributed by atoms with Crippen molar-refractivity contribution in [1.29, 1.82) is 0 Å². The van der Waals surface area contributed by atoms with Crippen molar-refractivity contribution in [2.24, 2.45) is 4.99 Å². The summed E-state index contributed by atoms with van der Waals surface area (Å²) >= 11 is 23.0. The van der Waals surface area contributed by atoms with Gasteiger partial charge in [0.05, 0.1) is 6.61 Å². The zero-order valence-electron chi connectivity index (χ0n) is 23.4. The van der Waals surface area contributed by atoms with Gasteiger partial charge in [0.1, 0.15) is 5.75 Å². The van der Waals surface area contributed by atoms with Crippen molar-refractivity contribution in [2.45, 2.75) is 31.0 Å².